The fourth-order valence-electron chi connectivity index (χ4n) is 2.21. The van der Waals surface area contributed by atoms with Gasteiger partial charge in [0.25, 0.3) is 0 Å². The Morgan fingerprint density at radius 3 is 3.00 bits per heavy atom. The van der Waals surface area contributed by atoms with Crippen LogP contribution in [-0.2, 0) is 4.79 Å². The second-order valence-corrected chi connectivity index (χ2v) is 5.84. The second-order valence-electron chi connectivity index (χ2n) is 4.77. The van der Waals surface area contributed by atoms with Gasteiger partial charge in [0.1, 0.15) is 10.8 Å². The topological polar surface area (TPSA) is 72.2 Å². The number of aromatic nitrogens is 4. The zero-order chi connectivity index (χ0) is 15.6. The van der Waals surface area contributed by atoms with Crippen molar-refractivity contribution in [3.05, 3.63) is 59.9 Å². The van der Waals surface area contributed by atoms with Gasteiger partial charge in [0.2, 0.25) is 5.91 Å². The van der Waals surface area contributed by atoms with E-state index in [0.717, 1.165) is 15.2 Å². The molecule has 0 fully saturated rings. The van der Waals surface area contributed by atoms with E-state index in [1.54, 1.807) is 46.5 Å². The third kappa shape index (κ3) is 2.69. The number of para-hydroxylation sites is 1. The standard InChI is InChI=1S/C16H11N5OS/c22-15(20-14-7-9-17-13-8-10-18-21(13)14)5-6-16-19-11-3-1-2-4-12(11)23-16/h1-10H,(H,20,22). The van der Waals surface area contributed by atoms with E-state index in [-0.39, 0.29) is 5.91 Å². The summed E-state index contributed by atoms with van der Waals surface area (Å²) in [6.45, 7) is 0. The zero-order valence-electron chi connectivity index (χ0n) is 11.9. The van der Waals surface area contributed by atoms with E-state index < -0.39 is 0 Å². The lowest BCUT2D eigenvalue weighted by atomic mass is 10.3. The van der Waals surface area contributed by atoms with Crippen molar-refractivity contribution in [1.82, 2.24) is 19.6 Å². The van der Waals surface area contributed by atoms with Gasteiger partial charge in [-0.2, -0.15) is 9.61 Å². The molecule has 23 heavy (non-hydrogen) atoms. The van der Waals surface area contributed by atoms with Gasteiger partial charge in [-0.1, -0.05) is 12.1 Å². The molecule has 112 valence electrons. The molecular formula is C16H11N5OS. The molecule has 1 amide bonds. The predicted octanol–water partition coefficient (Wildman–Crippen LogP) is 2.99. The highest BCUT2D eigenvalue weighted by molar-refractivity contribution is 7.19. The Balaban J connectivity index is 1.54. The van der Waals surface area contributed by atoms with Crippen LogP contribution in [0.3, 0.4) is 0 Å². The van der Waals surface area contributed by atoms with E-state index in [1.807, 2.05) is 24.3 Å². The number of nitrogens with one attached hydrogen (secondary N) is 1. The van der Waals surface area contributed by atoms with Crippen LogP contribution in [0.25, 0.3) is 21.9 Å². The van der Waals surface area contributed by atoms with Crippen molar-refractivity contribution in [2.45, 2.75) is 0 Å². The minimum atomic E-state index is -0.243. The SMILES string of the molecule is O=C(C=Cc1nc2ccccc2s1)Nc1ccnc2ccnn12. The molecule has 1 aromatic carbocycles. The number of rotatable bonds is 3. The number of nitrogens with zero attached hydrogens (tertiary/aromatic N) is 4. The molecule has 0 aliphatic rings. The summed E-state index contributed by atoms with van der Waals surface area (Å²) in [5.74, 6) is 0.325. The van der Waals surface area contributed by atoms with Crippen LogP contribution in [0.2, 0.25) is 0 Å². The molecule has 0 saturated heterocycles. The Kier molecular flexibility index (Phi) is 3.32. The van der Waals surface area contributed by atoms with Gasteiger partial charge in [-0.05, 0) is 24.3 Å². The number of amides is 1. The van der Waals surface area contributed by atoms with Gasteiger partial charge >= 0.3 is 0 Å². The first-order valence-corrected chi connectivity index (χ1v) is 7.75. The first-order chi connectivity index (χ1) is 11.3. The molecule has 0 saturated carbocycles. The van der Waals surface area contributed by atoms with Gasteiger partial charge in [-0.25, -0.2) is 9.97 Å². The van der Waals surface area contributed by atoms with Crippen LogP contribution in [0.4, 0.5) is 5.82 Å². The second kappa shape index (κ2) is 5.62. The Hall–Kier alpha value is -3.06. The van der Waals surface area contributed by atoms with Crippen molar-refractivity contribution < 1.29 is 4.79 Å². The monoisotopic (exact) mass is 321 g/mol. The lowest BCUT2D eigenvalue weighted by molar-refractivity contribution is -0.111. The van der Waals surface area contributed by atoms with Crippen LogP contribution < -0.4 is 5.32 Å². The number of carbonyl (C=O) groups is 1. The number of hydrogen-bond donors (Lipinski definition) is 1. The maximum atomic E-state index is 12.1. The molecule has 0 bridgehead atoms. The molecule has 0 aliphatic carbocycles. The molecule has 0 radical (unpaired) electrons. The lowest BCUT2D eigenvalue weighted by Crippen LogP contribution is -2.11. The number of benzene rings is 1. The van der Waals surface area contributed by atoms with Crippen molar-refractivity contribution >= 4 is 45.0 Å². The molecule has 0 unspecified atom stereocenters. The largest absolute Gasteiger partial charge is 0.307 e. The van der Waals surface area contributed by atoms with Gasteiger partial charge in [0, 0.05) is 18.3 Å². The molecule has 1 N–H and O–H groups in total. The number of hydrogen-bond acceptors (Lipinski definition) is 5. The zero-order valence-corrected chi connectivity index (χ0v) is 12.7. The summed E-state index contributed by atoms with van der Waals surface area (Å²) in [5.41, 5.74) is 1.61. The van der Waals surface area contributed by atoms with Crippen molar-refractivity contribution in [3.8, 4) is 0 Å². The van der Waals surface area contributed by atoms with E-state index in [9.17, 15) is 4.79 Å². The molecule has 3 aromatic heterocycles. The molecule has 0 spiro atoms. The number of thiazole rings is 1. The third-order valence-electron chi connectivity index (χ3n) is 3.23. The highest BCUT2D eigenvalue weighted by Crippen LogP contribution is 2.22. The first kappa shape index (κ1) is 13.6. The molecule has 6 nitrogen and oxygen atoms in total. The van der Waals surface area contributed by atoms with Crippen molar-refractivity contribution in [2.24, 2.45) is 0 Å². The summed E-state index contributed by atoms with van der Waals surface area (Å²) >= 11 is 1.54. The summed E-state index contributed by atoms with van der Waals surface area (Å²) in [4.78, 5) is 20.7. The Morgan fingerprint density at radius 2 is 2.09 bits per heavy atom. The highest BCUT2D eigenvalue weighted by atomic mass is 32.1. The van der Waals surface area contributed by atoms with Crippen LogP contribution >= 0.6 is 11.3 Å². The maximum Gasteiger partial charge on any atom is 0.249 e. The van der Waals surface area contributed by atoms with Crippen LogP contribution in [-0.4, -0.2) is 25.5 Å². The Morgan fingerprint density at radius 1 is 1.17 bits per heavy atom. The summed E-state index contributed by atoms with van der Waals surface area (Å²) in [7, 11) is 0. The minimum Gasteiger partial charge on any atom is -0.307 e. The molecular weight excluding hydrogens is 310 g/mol. The summed E-state index contributed by atoms with van der Waals surface area (Å²) in [6.07, 6.45) is 6.44. The maximum absolute atomic E-state index is 12.1. The van der Waals surface area contributed by atoms with Gasteiger partial charge in [0.05, 0.1) is 16.4 Å². The van der Waals surface area contributed by atoms with Gasteiger partial charge in [-0.3, -0.25) is 4.79 Å². The minimum absolute atomic E-state index is 0.243. The molecule has 0 atom stereocenters. The van der Waals surface area contributed by atoms with E-state index in [2.05, 4.69) is 20.4 Å². The quantitative estimate of drug-likeness (QED) is 0.589. The number of carbonyl (C=O) groups excluding carboxylic acids is 1. The van der Waals surface area contributed by atoms with Crippen LogP contribution in [0, 0.1) is 0 Å². The highest BCUT2D eigenvalue weighted by Gasteiger charge is 2.05. The summed E-state index contributed by atoms with van der Waals surface area (Å²) in [6, 6.07) is 11.3. The predicted molar refractivity (Wildman–Crippen MR) is 90.3 cm³/mol. The smallest absolute Gasteiger partial charge is 0.249 e. The third-order valence-corrected chi connectivity index (χ3v) is 4.23. The normalized spacial score (nSPS) is 11.5. The van der Waals surface area contributed by atoms with Crippen LogP contribution in [0.15, 0.2) is 54.9 Å². The van der Waals surface area contributed by atoms with E-state index in [1.165, 1.54) is 6.08 Å². The molecule has 0 aliphatic heterocycles. The number of fused-ring (bicyclic) bond motifs is 2. The van der Waals surface area contributed by atoms with Crippen molar-refractivity contribution in [3.63, 3.8) is 0 Å². The van der Waals surface area contributed by atoms with Gasteiger partial charge in [0.15, 0.2) is 5.65 Å². The average molecular weight is 321 g/mol. The molecule has 7 heteroatoms. The Bertz CT molecular complexity index is 1000. The first-order valence-electron chi connectivity index (χ1n) is 6.93. The van der Waals surface area contributed by atoms with E-state index in [4.69, 9.17) is 0 Å². The lowest BCUT2D eigenvalue weighted by Gasteiger charge is -2.03. The summed E-state index contributed by atoms with van der Waals surface area (Å²) < 4.78 is 2.67. The fraction of sp³-hybridized carbons (Fsp3) is 0. The van der Waals surface area contributed by atoms with Gasteiger partial charge < -0.3 is 5.32 Å². The summed E-state index contributed by atoms with van der Waals surface area (Å²) in [5, 5.41) is 7.70. The fourth-order valence-corrected chi connectivity index (χ4v) is 3.08. The van der Waals surface area contributed by atoms with E-state index >= 15 is 0 Å². The molecule has 4 aromatic rings. The van der Waals surface area contributed by atoms with Gasteiger partial charge in [-0.15, -0.1) is 11.3 Å². The van der Waals surface area contributed by atoms with Crippen molar-refractivity contribution in [2.75, 3.05) is 5.32 Å². The average Bonchev–Trinajstić information content (AvgIpc) is 3.19. The number of anilines is 1. The molecule has 3 heterocycles. The van der Waals surface area contributed by atoms with E-state index in [0.29, 0.717) is 11.5 Å². The Labute approximate surface area is 135 Å². The van der Waals surface area contributed by atoms with Crippen LogP contribution in [0.1, 0.15) is 5.01 Å². The molecule has 4 rings (SSSR count). The van der Waals surface area contributed by atoms with Crippen molar-refractivity contribution in [1.29, 1.82) is 0 Å². The van der Waals surface area contributed by atoms with Crippen LogP contribution in [0.5, 0.6) is 0 Å².